The normalized spacial score (nSPS) is 10.1. The van der Waals surface area contributed by atoms with Crippen molar-refractivity contribution in [3.05, 3.63) is 39.8 Å². The average Bonchev–Trinajstić information content (AvgIpc) is 2.70. The predicted octanol–water partition coefficient (Wildman–Crippen LogP) is 3.40. The van der Waals surface area contributed by atoms with Crippen LogP contribution in [0.25, 0.3) is 0 Å². The summed E-state index contributed by atoms with van der Waals surface area (Å²) in [5.74, 6) is -0.395. The first-order valence-electron chi connectivity index (χ1n) is 4.28. The van der Waals surface area contributed by atoms with Gasteiger partial charge in [0.05, 0.1) is 10.7 Å². The van der Waals surface area contributed by atoms with Gasteiger partial charge in [0.2, 0.25) is 0 Å². The standard InChI is InChI=1S/C10H6BrNO3S/c11-6-3-1-2-4-7(6)15-10-12-5-8(16-10)9(13)14/h1-5H,(H,13,14). The second-order valence-electron chi connectivity index (χ2n) is 2.83. The van der Waals surface area contributed by atoms with Crippen LogP contribution in [0.4, 0.5) is 0 Å². The highest BCUT2D eigenvalue weighted by Crippen LogP contribution is 2.31. The van der Waals surface area contributed by atoms with E-state index in [0.29, 0.717) is 10.9 Å². The monoisotopic (exact) mass is 299 g/mol. The Morgan fingerprint density at radius 1 is 1.44 bits per heavy atom. The summed E-state index contributed by atoms with van der Waals surface area (Å²) in [7, 11) is 0. The van der Waals surface area contributed by atoms with Crippen LogP contribution in [-0.2, 0) is 0 Å². The summed E-state index contributed by atoms with van der Waals surface area (Å²) in [6, 6.07) is 7.29. The molecule has 0 fully saturated rings. The minimum atomic E-state index is -1.00. The fraction of sp³-hybridized carbons (Fsp3) is 0. The number of aromatic carboxylic acids is 1. The van der Waals surface area contributed by atoms with Gasteiger partial charge in [-0.3, -0.25) is 0 Å². The summed E-state index contributed by atoms with van der Waals surface area (Å²) >= 11 is 4.32. The van der Waals surface area contributed by atoms with Gasteiger partial charge >= 0.3 is 5.97 Å². The van der Waals surface area contributed by atoms with E-state index in [1.807, 2.05) is 18.2 Å². The first-order valence-corrected chi connectivity index (χ1v) is 5.89. The molecule has 1 N–H and O–H groups in total. The van der Waals surface area contributed by atoms with Crippen molar-refractivity contribution in [2.75, 3.05) is 0 Å². The Kier molecular flexibility index (Phi) is 3.21. The molecule has 0 atom stereocenters. The Morgan fingerprint density at radius 2 is 2.19 bits per heavy atom. The van der Waals surface area contributed by atoms with Crippen molar-refractivity contribution >= 4 is 33.2 Å². The summed E-state index contributed by atoms with van der Waals surface area (Å²) in [5, 5.41) is 9.03. The van der Waals surface area contributed by atoms with Crippen molar-refractivity contribution in [1.29, 1.82) is 0 Å². The molecule has 0 bridgehead atoms. The van der Waals surface area contributed by atoms with Gasteiger partial charge in [-0.1, -0.05) is 23.5 Å². The molecule has 0 amide bonds. The van der Waals surface area contributed by atoms with Crippen LogP contribution in [-0.4, -0.2) is 16.1 Å². The number of para-hydroxylation sites is 1. The third-order valence-electron chi connectivity index (χ3n) is 1.73. The Morgan fingerprint density at radius 3 is 2.81 bits per heavy atom. The van der Waals surface area contributed by atoms with Gasteiger partial charge in [-0.2, -0.15) is 0 Å². The number of halogens is 1. The summed E-state index contributed by atoms with van der Waals surface area (Å²) in [4.78, 5) is 14.7. The molecule has 16 heavy (non-hydrogen) atoms. The van der Waals surface area contributed by atoms with Crippen molar-refractivity contribution in [1.82, 2.24) is 4.98 Å². The summed E-state index contributed by atoms with van der Waals surface area (Å²) in [5.41, 5.74) is 0. The molecular formula is C10H6BrNO3S. The number of thiazole rings is 1. The molecule has 2 aromatic rings. The maximum absolute atomic E-state index is 10.6. The number of hydrogen-bond donors (Lipinski definition) is 1. The largest absolute Gasteiger partial charge is 0.477 e. The fourth-order valence-electron chi connectivity index (χ4n) is 1.03. The molecule has 0 radical (unpaired) electrons. The molecule has 1 heterocycles. The van der Waals surface area contributed by atoms with Gasteiger partial charge in [-0.15, -0.1) is 0 Å². The van der Waals surface area contributed by atoms with Gasteiger partial charge in [0.1, 0.15) is 10.6 Å². The molecule has 82 valence electrons. The van der Waals surface area contributed by atoms with Gasteiger partial charge in [0.15, 0.2) is 0 Å². The van der Waals surface area contributed by atoms with Gasteiger partial charge in [-0.05, 0) is 28.1 Å². The first-order chi connectivity index (χ1) is 7.66. The molecule has 4 nitrogen and oxygen atoms in total. The Bertz CT molecular complexity index is 526. The molecule has 1 aromatic carbocycles. The van der Waals surface area contributed by atoms with E-state index in [1.54, 1.807) is 6.07 Å². The highest BCUT2D eigenvalue weighted by atomic mass is 79.9. The lowest BCUT2D eigenvalue weighted by Crippen LogP contribution is -1.89. The number of benzene rings is 1. The molecule has 2 rings (SSSR count). The minimum Gasteiger partial charge on any atom is -0.477 e. The zero-order valence-electron chi connectivity index (χ0n) is 7.88. The van der Waals surface area contributed by atoms with E-state index < -0.39 is 5.97 Å². The molecule has 6 heteroatoms. The third kappa shape index (κ3) is 2.40. The van der Waals surface area contributed by atoms with Crippen molar-refractivity contribution in [3.63, 3.8) is 0 Å². The van der Waals surface area contributed by atoms with Crippen LogP contribution in [0, 0.1) is 0 Å². The van der Waals surface area contributed by atoms with Crippen LogP contribution in [0.15, 0.2) is 34.9 Å². The van der Waals surface area contributed by atoms with Crippen LogP contribution in [0.2, 0.25) is 0 Å². The number of rotatable bonds is 3. The number of carboxylic acids is 1. The molecule has 0 aliphatic rings. The van der Waals surface area contributed by atoms with Crippen LogP contribution in [0.3, 0.4) is 0 Å². The smallest absolute Gasteiger partial charge is 0.347 e. The predicted molar refractivity (Wildman–Crippen MR) is 63.3 cm³/mol. The SMILES string of the molecule is O=C(O)c1cnc(Oc2ccccc2Br)s1. The van der Waals surface area contributed by atoms with Crippen molar-refractivity contribution in [3.8, 4) is 10.9 Å². The summed E-state index contributed by atoms with van der Waals surface area (Å²) in [6.07, 6.45) is 1.28. The van der Waals surface area contributed by atoms with Gasteiger partial charge in [-0.25, -0.2) is 9.78 Å². The number of ether oxygens (including phenoxy) is 1. The zero-order valence-corrected chi connectivity index (χ0v) is 10.3. The van der Waals surface area contributed by atoms with E-state index >= 15 is 0 Å². The second kappa shape index (κ2) is 4.63. The van der Waals surface area contributed by atoms with E-state index in [9.17, 15) is 4.79 Å². The number of nitrogens with zero attached hydrogens (tertiary/aromatic N) is 1. The van der Waals surface area contributed by atoms with Crippen molar-refractivity contribution in [2.24, 2.45) is 0 Å². The first kappa shape index (κ1) is 11.1. The highest BCUT2D eigenvalue weighted by Gasteiger charge is 2.10. The van der Waals surface area contributed by atoms with Crippen LogP contribution in [0.5, 0.6) is 10.9 Å². The molecule has 0 aliphatic carbocycles. The fourth-order valence-corrected chi connectivity index (χ4v) is 2.01. The molecule has 0 saturated carbocycles. The quantitative estimate of drug-likeness (QED) is 0.944. The summed E-state index contributed by atoms with van der Waals surface area (Å²) < 4.78 is 6.23. The Balaban J connectivity index is 2.21. The number of carbonyl (C=O) groups is 1. The van der Waals surface area contributed by atoms with Gasteiger partial charge < -0.3 is 9.84 Å². The highest BCUT2D eigenvalue weighted by molar-refractivity contribution is 9.10. The van der Waals surface area contributed by atoms with E-state index in [-0.39, 0.29) is 4.88 Å². The Labute approximate surface area is 104 Å². The lowest BCUT2D eigenvalue weighted by molar-refractivity contribution is 0.0702. The van der Waals surface area contributed by atoms with Crippen LogP contribution in [0.1, 0.15) is 9.67 Å². The molecule has 0 aliphatic heterocycles. The summed E-state index contributed by atoms with van der Waals surface area (Å²) in [6.45, 7) is 0. The average molecular weight is 300 g/mol. The van der Waals surface area contributed by atoms with Crippen molar-refractivity contribution in [2.45, 2.75) is 0 Å². The molecule has 0 spiro atoms. The van der Waals surface area contributed by atoms with E-state index in [1.165, 1.54) is 6.20 Å². The van der Waals surface area contributed by atoms with E-state index in [4.69, 9.17) is 9.84 Å². The lowest BCUT2D eigenvalue weighted by atomic mass is 10.3. The van der Waals surface area contributed by atoms with Crippen LogP contribution < -0.4 is 4.74 Å². The van der Waals surface area contributed by atoms with E-state index in [0.717, 1.165) is 15.8 Å². The maximum Gasteiger partial charge on any atom is 0.347 e. The molecule has 0 unspecified atom stereocenters. The number of hydrogen-bond acceptors (Lipinski definition) is 4. The molecule has 0 saturated heterocycles. The van der Waals surface area contributed by atoms with Gasteiger partial charge in [0, 0.05) is 0 Å². The zero-order chi connectivity index (χ0) is 11.5. The molecular weight excluding hydrogens is 294 g/mol. The third-order valence-corrected chi connectivity index (χ3v) is 3.25. The molecule has 1 aromatic heterocycles. The maximum atomic E-state index is 10.6. The number of carboxylic acid groups (broad SMARTS) is 1. The van der Waals surface area contributed by atoms with Gasteiger partial charge in [0.25, 0.3) is 5.19 Å². The second-order valence-corrected chi connectivity index (χ2v) is 4.68. The van der Waals surface area contributed by atoms with Crippen molar-refractivity contribution < 1.29 is 14.6 Å². The van der Waals surface area contributed by atoms with Crippen LogP contribution >= 0.6 is 27.3 Å². The minimum absolute atomic E-state index is 0.155. The topological polar surface area (TPSA) is 59.4 Å². The van der Waals surface area contributed by atoms with E-state index in [2.05, 4.69) is 20.9 Å². The number of aromatic nitrogens is 1. The lowest BCUT2D eigenvalue weighted by Gasteiger charge is -2.02. The Hall–Kier alpha value is -1.40.